The molecule has 1 aromatic carbocycles. The first-order chi connectivity index (χ1) is 7.04. The summed E-state index contributed by atoms with van der Waals surface area (Å²) in [6.07, 6.45) is 0. The molecule has 1 N–H and O–H groups in total. The number of carboxylic acids is 1. The Morgan fingerprint density at radius 1 is 1.33 bits per heavy atom. The second-order valence-electron chi connectivity index (χ2n) is 2.60. The van der Waals surface area contributed by atoms with Gasteiger partial charge in [-0.25, -0.2) is 13.6 Å². The van der Waals surface area contributed by atoms with Crippen LogP contribution in [-0.2, 0) is 4.79 Å². The van der Waals surface area contributed by atoms with Crippen molar-refractivity contribution in [2.75, 3.05) is 13.7 Å². The minimum absolute atomic E-state index is 0.0600. The van der Waals surface area contributed by atoms with Crippen LogP contribution in [0.3, 0.4) is 0 Å². The number of ether oxygens (including phenoxy) is 2. The molecule has 0 saturated heterocycles. The van der Waals surface area contributed by atoms with Crippen LogP contribution in [0.5, 0.6) is 11.5 Å². The van der Waals surface area contributed by atoms with E-state index in [-0.39, 0.29) is 11.5 Å². The van der Waals surface area contributed by atoms with Crippen LogP contribution in [0.1, 0.15) is 0 Å². The van der Waals surface area contributed by atoms with Crippen LogP contribution in [0, 0.1) is 11.6 Å². The van der Waals surface area contributed by atoms with Gasteiger partial charge >= 0.3 is 5.97 Å². The normalized spacial score (nSPS) is 9.80. The first-order valence-corrected chi connectivity index (χ1v) is 3.92. The van der Waals surface area contributed by atoms with Crippen molar-refractivity contribution in [3.63, 3.8) is 0 Å². The summed E-state index contributed by atoms with van der Waals surface area (Å²) >= 11 is 0. The molecular formula is C9H8F2O4. The minimum atomic E-state index is -1.22. The lowest BCUT2D eigenvalue weighted by molar-refractivity contribution is -0.139. The number of benzene rings is 1. The number of halogens is 2. The number of carbonyl (C=O) groups is 1. The molecule has 4 nitrogen and oxygen atoms in total. The Kier molecular flexibility index (Phi) is 3.43. The molecule has 82 valence electrons. The molecule has 0 aliphatic carbocycles. The van der Waals surface area contributed by atoms with Gasteiger partial charge in [0, 0.05) is 12.1 Å². The van der Waals surface area contributed by atoms with E-state index in [2.05, 4.69) is 4.74 Å². The minimum Gasteiger partial charge on any atom is -0.493 e. The van der Waals surface area contributed by atoms with E-state index in [9.17, 15) is 13.6 Å². The summed E-state index contributed by atoms with van der Waals surface area (Å²) in [5.41, 5.74) is 0. The predicted octanol–water partition coefficient (Wildman–Crippen LogP) is 1.44. The van der Waals surface area contributed by atoms with Crippen molar-refractivity contribution in [2.45, 2.75) is 0 Å². The fraction of sp³-hybridized carbons (Fsp3) is 0.222. The highest BCUT2D eigenvalue weighted by Gasteiger charge is 2.12. The van der Waals surface area contributed by atoms with Crippen molar-refractivity contribution < 1.29 is 28.2 Å². The maximum Gasteiger partial charge on any atom is 0.341 e. The molecule has 0 spiro atoms. The van der Waals surface area contributed by atoms with Crippen LogP contribution < -0.4 is 9.47 Å². The first kappa shape index (κ1) is 11.2. The number of hydrogen-bond acceptors (Lipinski definition) is 3. The third-order valence-corrected chi connectivity index (χ3v) is 1.56. The van der Waals surface area contributed by atoms with Crippen LogP contribution in [0.2, 0.25) is 0 Å². The Balaban J connectivity index is 2.94. The predicted molar refractivity (Wildman–Crippen MR) is 46.0 cm³/mol. The maximum absolute atomic E-state index is 12.8. The molecule has 0 heterocycles. The summed E-state index contributed by atoms with van der Waals surface area (Å²) in [6.45, 7) is -0.651. The van der Waals surface area contributed by atoms with Crippen molar-refractivity contribution in [1.82, 2.24) is 0 Å². The molecule has 6 heteroatoms. The van der Waals surface area contributed by atoms with Crippen LogP contribution in [0.25, 0.3) is 0 Å². The van der Waals surface area contributed by atoms with E-state index in [0.29, 0.717) is 0 Å². The van der Waals surface area contributed by atoms with Crippen molar-refractivity contribution in [3.05, 3.63) is 23.8 Å². The van der Waals surface area contributed by atoms with E-state index in [0.717, 1.165) is 12.1 Å². The van der Waals surface area contributed by atoms with Gasteiger partial charge < -0.3 is 14.6 Å². The summed E-state index contributed by atoms with van der Waals surface area (Å²) < 4.78 is 34.9. The molecule has 0 aliphatic heterocycles. The molecule has 0 saturated carbocycles. The maximum atomic E-state index is 12.8. The van der Waals surface area contributed by atoms with Gasteiger partial charge in [0.05, 0.1) is 7.11 Å². The van der Waals surface area contributed by atoms with Gasteiger partial charge in [0.2, 0.25) is 0 Å². The molecule has 0 aliphatic rings. The molecule has 0 amide bonds. The molecule has 0 unspecified atom stereocenters. The van der Waals surface area contributed by atoms with Gasteiger partial charge in [-0.1, -0.05) is 0 Å². The second kappa shape index (κ2) is 4.59. The van der Waals surface area contributed by atoms with Crippen molar-refractivity contribution >= 4 is 5.97 Å². The van der Waals surface area contributed by atoms with Crippen molar-refractivity contribution in [3.8, 4) is 11.5 Å². The van der Waals surface area contributed by atoms with E-state index < -0.39 is 24.2 Å². The number of aliphatic carboxylic acids is 1. The lowest BCUT2D eigenvalue weighted by atomic mass is 10.3. The third kappa shape index (κ3) is 2.80. The third-order valence-electron chi connectivity index (χ3n) is 1.56. The summed E-state index contributed by atoms with van der Waals surface area (Å²) in [5, 5.41) is 8.33. The quantitative estimate of drug-likeness (QED) is 0.830. The van der Waals surface area contributed by atoms with Gasteiger partial charge in [-0.3, -0.25) is 0 Å². The fourth-order valence-corrected chi connectivity index (χ4v) is 0.922. The largest absolute Gasteiger partial charge is 0.493 e. The number of methoxy groups -OCH3 is 1. The van der Waals surface area contributed by atoms with Gasteiger partial charge in [-0.05, 0) is 0 Å². The molecule has 0 bridgehead atoms. The van der Waals surface area contributed by atoms with Gasteiger partial charge in [-0.15, -0.1) is 0 Å². The highest BCUT2D eigenvalue weighted by molar-refractivity contribution is 5.68. The standard InChI is InChI=1S/C9H8F2O4/c1-14-7-2-5(10)6(11)3-8(7)15-4-9(12)13/h2-3H,4H2,1H3,(H,12,13). The van der Waals surface area contributed by atoms with Crippen LogP contribution in [-0.4, -0.2) is 24.8 Å². The van der Waals surface area contributed by atoms with Crippen molar-refractivity contribution in [1.29, 1.82) is 0 Å². The Morgan fingerprint density at radius 2 is 1.87 bits per heavy atom. The highest BCUT2D eigenvalue weighted by atomic mass is 19.2. The molecule has 0 aromatic heterocycles. The summed E-state index contributed by atoms with van der Waals surface area (Å²) in [7, 11) is 1.24. The highest BCUT2D eigenvalue weighted by Crippen LogP contribution is 2.29. The van der Waals surface area contributed by atoms with Gasteiger partial charge in [0.1, 0.15) is 0 Å². The Labute approximate surface area is 84.0 Å². The lowest BCUT2D eigenvalue weighted by Crippen LogP contribution is -2.10. The fourth-order valence-electron chi connectivity index (χ4n) is 0.922. The Hall–Kier alpha value is -1.85. The van der Waals surface area contributed by atoms with E-state index in [4.69, 9.17) is 9.84 Å². The molecule has 15 heavy (non-hydrogen) atoms. The average Bonchev–Trinajstić information content (AvgIpc) is 2.19. The summed E-state index contributed by atoms with van der Waals surface area (Å²) in [4.78, 5) is 10.2. The van der Waals surface area contributed by atoms with Gasteiger partial charge in [0.15, 0.2) is 29.7 Å². The van der Waals surface area contributed by atoms with Crippen LogP contribution in [0.4, 0.5) is 8.78 Å². The average molecular weight is 218 g/mol. The topological polar surface area (TPSA) is 55.8 Å². The molecule has 1 aromatic rings. The monoisotopic (exact) mass is 218 g/mol. The van der Waals surface area contributed by atoms with E-state index in [1.165, 1.54) is 7.11 Å². The van der Waals surface area contributed by atoms with Crippen LogP contribution >= 0.6 is 0 Å². The molecular weight excluding hydrogens is 210 g/mol. The molecule has 1 rings (SSSR count). The van der Waals surface area contributed by atoms with Gasteiger partial charge in [-0.2, -0.15) is 0 Å². The Bertz CT molecular complexity index is 379. The zero-order valence-corrected chi connectivity index (χ0v) is 7.79. The zero-order chi connectivity index (χ0) is 11.4. The second-order valence-corrected chi connectivity index (χ2v) is 2.60. The number of carboxylic acid groups (broad SMARTS) is 1. The summed E-state index contributed by atoms with van der Waals surface area (Å²) in [5.74, 6) is -3.65. The molecule has 0 atom stereocenters. The smallest absolute Gasteiger partial charge is 0.341 e. The lowest BCUT2D eigenvalue weighted by Gasteiger charge is -2.09. The molecule has 0 radical (unpaired) electrons. The summed E-state index contributed by atoms with van der Waals surface area (Å²) in [6, 6.07) is 1.52. The Morgan fingerprint density at radius 3 is 2.33 bits per heavy atom. The van der Waals surface area contributed by atoms with Gasteiger partial charge in [0.25, 0.3) is 0 Å². The zero-order valence-electron chi connectivity index (χ0n) is 7.79. The van der Waals surface area contributed by atoms with Crippen molar-refractivity contribution in [2.24, 2.45) is 0 Å². The van der Waals surface area contributed by atoms with E-state index in [1.807, 2.05) is 0 Å². The van der Waals surface area contributed by atoms with E-state index >= 15 is 0 Å². The van der Waals surface area contributed by atoms with E-state index in [1.54, 1.807) is 0 Å². The first-order valence-electron chi connectivity index (χ1n) is 3.92. The number of hydrogen-bond donors (Lipinski definition) is 1. The number of rotatable bonds is 4. The van der Waals surface area contributed by atoms with Crippen LogP contribution in [0.15, 0.2) is 12.1 Å². The molecule has 0 fully saturated rings. The SMILES string of the molecule is COc1cc(F)c(F)cc1OCC(=O)O.